The molecule has 1 aromatic carbocycles. The number of carbonyl (C=O) groups is 1. The molecule has 0 saturated heterocycles. The summed E-state index contributed by atoms with van der Waals surface area (Å²) < 4.78 is 26.5. The van der Waals surface area contributed by atoms with Gasteiger partial charge < -0.3 is 11.1 Å². The minimum absolute atomic E-state index is 0.0957. The van der Waals surface area contributed by atoms with Gasteiger partial charge in [-0.15, -0.1) is 0 Å². The highest BCUT2D eigenvalue weighted by Crippen LogP contribution is 2.15. The van der Waals surface area contributed by atoms with Crippen molar-refractivity contribution in [2.75, 3.05) is 12.4 Å². The molecule has 106 valence electrons. The van der Waals surface area contributed by atoms with Gasteiger partial charge in [0, 0.05) is 12.7 Å². The summed E-state index contributed by atoms with van der Waals surface area (Å²) in [5, 5.41) is 2.89. The number of sulfonamides is 1. The van der Waals surface area contributed by atoms with Gasteiger partial charge in [0.1, 0.15) is 6.04 Å². The van der Waals surface area contributed by atoms with Crippen molar-refractivity contribution in [2.24, 2.45) is 11.7 Å². The van der Waals surface area contributed by atoms with Gasteiger partial charge in [0.2, 0.25) is 15.9 Å². The number of anilines is 1. The molecule has 1 atom stereocenters. The summed E-state index contributed by atoms with van der Waals surface area (Å²) in [5.74, 6) is -0.908. The smallest absolute Gasteiger partial charge is 0.241 e. The second-order valence-electron chi connectivity index (χ2n) is 4.52. The molecule has 0 saturated carbocycles. The third kappa shape index (κ3) is 3.93. The quantitative estimate of drug-likeness (QED) is 0.709. The van der Waals surface area contributed by atoms with Crippen molar-refractivity contribution in [3.63, 3.8) is 0 Å². The van der Waals surface area contributed by atoms with Gasteiger partial charge in [-0.05, 0) is 30.2 Å². The van der Waals surface area contributed by atoms with Crippen LogP contribution in [0.15, 0.2) is 29.2 Å². The average molecular weight is 285 g/mol. The zero-order valence-corrected chi connectivity index (χ0v) is 12.0. The summed E-state index contributed by atoms with van der Waals surface area (Å²) in [5.41, 5.74) is 5.99. The van der Waals surface area contributed by atoms with Gasteiger partial charge in [0.15, 0.2) is 0 Å². The molecule has 1 amide bonds. The Labute approximate surface area is 113 Å². The molecule has 0 aliphatic carbocycles. The van der Waals surface area contributed by atoms with Crippen LogP contribution in [0.25, 0.3) is 0 Å². The van der Waals surface area contributed by atoms with Gasteiger partial charge >= 0.3 is 0 Å². The molecule has 1 rings (SSSR count). The number of hydrogen-bond acceptors (Lipinski definition) is 4. The molecule has 0 heterocycles. The van der Waals surface area contributed by atoms with Gasteiger partial charge in [-0.25, -0.2) is 8.42 Å². The first-order valence-corrected chi connectivity index (χ1v) is 7.35. The number of carbonyl (C=O) groups excluding carboxylic acids is 1. The van der Waals surface area contributed by atoms with Crippen molar-refractivity contribution < 1.29 is 13.2 Å². The van der Waals surface area contributed by atoms with E-state index in [0.29, 0.717) is 0 Å². The highest BCUT2D eigenvalue weighted by Gasteiger charge is 2.26. The first-order chi connectivity index (χ1) is 8.77. The lowest BCUT2D eigenvalue weighted by molar-refractivity contribution is -0.120. The van der Waals surface area contributed by atoms with Crippen molar-refractivity contribution in [1.29, 1.82) is 0 Å². The number of rotatable bonds is 6. The van der Waals surface area contributed by atoms with E-state index in [0.717, 1.165) is 5.69 Å². The van der Waals surface area contributed by atoms with E-state index in [-0.39, 0.29) is 10.8 Å². The molecule has 6 nitrogen and oxygen atoms in total. The van der Waals surface area contributed by atoms with Gasteiger partial charge in [0.25, 0.3) is 0 Å². The minimum Gasteiger partial charge on any atom is -0.388 e. The number of primary amides is 1. The maximum atomic E-state index is 12.1. The molecule has 0 radical (unpaired) electrons. The number of hydrogen-bond donors (Lipinski definition) is 3. The number of benzene rings is 1. The fraction of sp³-hybridized carbons (Fsp3) is 0.417. The second-order valence-corrected chi connectivity index (χ2v) is 6.23. The minimum atomic E-state index is -3.75. The van der Waals surface area contributed by atoms with Gasteiger partial charge in [-0.3, -0.25) is 4.79 Å². The summed E-state index contributed by atoms with van der Waals surface area (Å²) in [6, 6.07) is 5.29. The Hall–Kier alpha value is -1.60. The summed E-state index contributed by atoms with van der Waals surface area (Å²) in [6.07, 6.45) is 0. The summed E-state index contributed by atoms with van der Waals surface area (Å²) in [7, 11) is -2.01. The molecular formula is C12H19N3O3S. The summed E-state index contributed by atoms with van der Waals surface area (Å²) in [4.78, 5) is 11.3. The fourth-order valence-corrected chi connectivity index (χ4v) is 2.91. The molecule has 4 N–H and O–H groups in total. The van der Waals surface area contributed by atoms with Crippen LogP contribution in [0, 0.1) is 5.92 Å². The zero-order valence-electron chi connectivity index (χ0n) is 11.2. The van der Waals surface area contributed by atoms with E-state index in [9.17, 15) is 13.2 Å². The lowest BCUT2D eigenvalue weighted by Gasteiger charge is -2.19. The Kier molecular flexibility index (Phi) is 4.90. The van der Waals surface area contributed by atoms with Crippen molar-refractivity contribution >= 4 is 21.6 Å². The Morgan fingerprint density at radius 2 is 1.74 bits per heavy atom. The van der Waals surface area contributed by atoms with Crippen LogP contribution >= 0.6 is 0 Å². The Morgan fingerprint density at radius 3 is 2.11 bits per heavy atom. The van der Waals surface area contributed by atoms with Crippen LogP contribution in [-0.4, -0.2) is 27.4 Å². The van der Waals surface area contributed by atoms with E-state index in [1.54, 1.807) is 33.0 Å². The summed E-state index contributed by atoms with van der Waals surface area (Å²) >= 11 is 0. The Bertz CT molecular complexity index is 538. The predicted octanol–water partition coefficient (Wildman–Crippen LogP) is 0.516. The SMILES string of the molecule is CNc1ccc(S(=O)(=O)NC(C(N)=O)C(C)C)cc1. The van der Waals surface area contributed by atoms with E-state index in [2.05, 4.69) is 10.0 Å². The van der Waals surface area contributed by atoms with Crippen molar-refractivity contribution in [1.82, 2.24) is 4.72 Å². The average Bonchev–Trinajstić information content (AvgIpc) is 2.35. The van der Waals surface area contributed by atoms with E-state index < -0.39 is 22.0 Å². The lowest BCUT2D eigenvalue weighted by atomic mass is 10.1. The Morgan fingerprint density at radius 1 is 1.21 bits per heavy atom. The summed E-state index contributed by atoms with van der Waals surface area (Å²) in [6.45, 7) is 3.45. The van der Waals surface area contributed by atoms with Crippen molar-refractivity contribution in [3.05, 3.63) is 24.3 Å². The molecule has 19 heavy (non-hydrogen) atoms. The van der Waals surface area contributed by atoms with Crippen LogP contribution in [0.3, 0.4) is 0 Å². The van der Waals surface area contributed by atoms with E-state index in [1.807, 2.05) is 0 Å². The standard InChI is InChI=1S/C12H19N3O3S/c1-8(2)11(12(13)16)15-19(17,18)10-6-4-9(14-3)5-7-10/h4-8,11,14-15H,1-3H3,(H2,13,16). The van der Waals surface area contributed by atoms with Crippen LogP contribution < -0.4 is 15.8 Å². The topological polar surface area (TPSA) is 101 Å². The monoisotopic (exact) mass is 285 g/mol. The maximum absolute atomic E-state index is 12.1. The largest absolute Gasteiger partial charge is 0.388 e. The fourth-order valence-electron chi connectivity index (χ4n) is 1.56. The third-order valence-corrected chi connectivity index (χ3v) is 4.17. The van der Waals surface area contributed by atoms with Crippen molar-refractivity contribution in [2.45, 2.75) is 24.8 Å². The van der Waals surface area contributed by atoms with Crippen LogP contribution in [-0.2, 0) is 14.8 Å². The number of nitrogens with one attached hydrogen (secondary N) is 2. The normalized spacial score (nSPS) is 13.3. The number of nitrogens with two attached hydrogens (primary N) is 1. The third-order valence-electron chi connectivity index (χ3n) is 2.71. The Balaban J connectivity index is 2.99. The maximum Gasteiger partial charge on any atom is 0.241 e. The molecule has 0 fully saturated rings. The van der Waals surface area contributed by atoms with Crippen LogP contribution in [0.1, 0.15) is 13.8 Å². The first-order valence-electron chi connectivity index (χ1n) is 5.87. The van der Waals surface area contributed by atoms with E-state index in [1.165, 1.54) is 12.1 Å². The van der Waals surface area contributed by atoms with Crippen LogP contribution in [0.5, 0.6) is 0 Å². The zero-order chi connectivity index (χ0) is 14.6. The molecule has 1 unspecified atom stereocenters. The predicted molar refractivity (Wildman–Crippen MR) is 74.1 cm³/mol. The van der Waals surface area contributed by atoms with Crippen LogP contribution in [0.2, 0.25) is 0 Å². The number of amides is 1. The molecular weight excluding hydrogens is 266 g/mol. The van der Waals surface area contributed by atoms with E-state index >= 15 is 0 Å². The molecule has 0 aromatic heterocycles. The molecule has 0 bridgehead atoms. The first kappa shape index (κ1) is 15.5. The van der Waals surface area contributed by atoms with Gasteiger partial charge in [0.05, 0.1) is 4.90 Å². The lowest BCUT2D eigenvalue weighted by Crippen LogP contribution is -2.47. The highest BCUT2D eigenvalue weighted by atomic mass is 32.2. The molecule has 1 aromatic rings. The van der Waals surface area contributed by atoms with Gasteiger partial charge in [-0.2, -0.15) is 4.72 Å². The highest BCUT2D eigenvalue weighted by molar-refractivity contribution is 7.89. The van der Waals surface area contributed by atoms with E-state index in [4.69, 9.17) is 5.73 Å². The second kappa shape index (κ2) is 6.03. The van der Waals surface area contributed by atoms with Gasteiger partial charge in [-0.1, -0.05) is 13.8 Å². The molecule has 0 spiro atoms. The van der Waals surface area contributed by atoms with Crippen LogP contribution in [0.4, 0.5) is 5.69 Å². The van der Waals surface area contributed by atoms with Crippen molar-refractivity contribution in [3.8, 4) is 0 Å². The molecule has 0 aliphatic heterocycles. The molecule has 0 aliphatic rings. The molecule has 7 heteroatoms.